The van der Waals surface area contributed by atoms with Crippen LogP contribution in [0, 0.1) is 0 Å². The normalized spacial score (nSPS) is 12.9. The van der Waals surface area contributed by atoms with Crippen LogP contribution < -0.4 is 4.90 Å². The molecule has 0 aliphatic carbocycles. The molecule has 0 spiro atoms. The highest BCUT2D eigenvalue weighted by atomic mass is 15.2. The zero-order valence-corrected chi connectivity index (χ0v) is 33.3. The molecule has 10 aromatic rings. The highest BCUT2D eigenvalue weighted by Gasteiger charge is 2.38. The van der Waals surface area contributed by atoms with Crippen molar-refractivity contribution >= 4 is 38.9 Å². The van der Waals surface area contributed by atoms with Crippen LogP contribution in [0.5, 0.6) is 0 Å². The van der Waals surface area contributed by atoms with E-state index < -0.39 is 0 Å². The second-order valence-electron chi connectivity index (χ2n) is 15.9. The standard InChI is InChI=1S/C55H39N5/c1-55(2)45-27-16-32-57-54(45)60(50-28-13-14-31-56-50)49-30-29-40(34-46(49)55)52-43-25-11-9-23-41(43)51(42-24-10-12-26-44(42)52)39-22-15-21-38(33-39)48-35-47(36-17-5-3-6-18-36)58-53(59-48)37-19-7-4-8-20-37/h3-35H,1-2H3. The number of fused-ring (bicyclic) bond motifs is 4. The molecule has 7 aromatic carbocycles. The third-order valence-electron chi connectivity index (χ3n) is 12.0. The van der Waals surface area contributed by atoms with Gasteiger partial charge in [-0.1, -0.05) is 159 Å². The van der Waals surface area contributed by atoms with Gasteiger partial charge >= 0.3 is 0 Å². The largest absolute Gasteiger partial charge is 0.278 e. The smallest absolute Gasteiger partial charge is 0.160 e. The van der Waals surface area contributed by atoms with E-state index in [0.29, 0.717) is 5.82 Å². The van der Waals surface area contributed by atoms with Gasteiger partial charge in [0.15, 0.2) is 5.82 Å². The molecule has 1 aliphatic rings. The summed E-state index contributed by atoms with van der Waals surface area (Å²) in [5.74, 6) is 2.46. The van der Waals surface area contributed by atoms with Gasteiger partial charge in [-0.15, -0.1) is 0 Å². The topological polar surface area (TPSA) is 54.8 Å². The average molecular weight is 770 g/mol. The van der Waals surface area contributed by atoms with Crippen LogP contribution in [0.4, 0.5) is 17.3 Å². The molecule has 5 heteroatoms. The Kier molecular flexibility index (Phi) is 8.41. The molecule has 1 aliphatic heterocycles. The van der Waals surface area contributed by atoms with Gasteiger partial charge in [0.05, 0.1) is 17.1 Å². The first kappa shape index (κ1) is 35.4. The first-order valence-corrected chi connectivity index (χ1v) is 20.4. The van der Waals surface area contributed by atoms with Gasteiger partial charge in [0.2, 0.25) is 0 Å². The number of aromatic nitrogens is 4. The van der Waals surface area contributed by atoms with Gasteiger partial charge in [-0.25, -0.2) is 19.9 Å². The van der Waals surface area contributed by atoms with E-state index in [4.69, 9.17) is 19.9 Å². The van der Waals surface area contributed by atoms with Crippen LogP contribution in [0.1, 0.15) is 25.0 Å². The molecule has 60 heavy (non-hydrogen) atoms. The summed E-state index contributed by atoms with van der Waals surface area (Å²) in [6, 6.07) is 66.5. The Bertz CT molecular complexity index is 3120. The highest BCUT2D eigenvalue weighted by Crippen LogP contribution is 2.52. The molecule has 4 heterocycles. The summed E-state index contributed by atoms with van der Waals surface area (Å²) in [6.07, 6.45) is 3.72. The van der Waals surface area contributed by atoms with Gasteiger partial charge in [0, 0.05) is 40.1 Å². The predicted molar refractivity (Wildman–Crippen MR) is 247 cm³/mol. The average Bonchev–Trinajstić information content (AvgIpc) is 3.31. The van der Waals surface area contributed by atoms with E-state index >= 15 is 0 Å². The van der Waals surface area contributed by atoms with E-state index in [1.807, 2.05) is 54.9 Å². The molecular weight excluding hydrogens is 731 g/mol. The van der Waals surface area contributed by atoms with Crippen LogP contribution in [0.3, 0.4) is 0 Å². The van der Waals surface area contributed by atoms with E-state index in [-0.39, 0.29) is 5.41 Å². The van der Waals surface area contributed by atoms with E-state index in [1.165, 1.54) is 49.4 Å². The highest BCUT2D eigenvalue weighted by molar-refractivity contribution is 6.21. The van der Waals surface area contributed by atoms with Gasteiger partial charge in [0.25, 0.3) is 0 Å². The lowest BCUT2D eigenvalue weighted by atomic mass is 9.73. The Morgan fingerprint density at radius 1 is 0.400 bits per heavy atom. The van der Waals surface area contributed by atoms with Gasteiger partial charge in [-0.05, 0) is 91.8 Å². The summed E-state index contributed by atoms with van der Waals surface area (Å²) in [6.45, 7) is 4.61. The molecule has 3 aromatic heterocycles. The summed E-state index contributed by atoms with van der Waals surface area (Å²) in [7, 11) is 0. The van der Waals surface area contributed by atoms with Crippen molar-refractivity contribution in [2.24, 2.45) is 0 Å². The fourth-order valence-corrected chi connectivity index (χ4v) is 9.08. The first-order chi connectivity index (χ1) is 29.5. The summed E-state index contributed by atoms with van der Waals surface area (Å²) in [5.41, 5.74) is 12.7. The van der Waals surface area contributed by atoms with Crippen molar-refractivity contribution < 1.29 is 0 Å². The summed E-state index contributed by atoms with van der Waals surface area (Å²) in [5, 5.41) is 4.80. The number of anilines is 3. The third kappa shape index (κ3) is 5.85. The summed E-state index contributed by atoms with van der Waals surface area (Å²) >= 11 is 0. The van der Waals surface area contributed by atoms with Crippen LogP contribution in [0.2, 0.25) is 0 Å². The van der Waals surface area contributed by atoms with Gasteiger partial charge in [0.1, 0.15) is 11.6 Å². The lowest BCUT2D eigenvalue weighted by Gasteiger charge is -2.40. The number of rotatable bonds is 6. The minimum atomic E-state index is -0.312. The van der Waals surface area contributed by atoms with Crippen LogP contribution >= 0.6 is 0 Å². The number of hydrogen-bond donors (Lipinski definition) is 0. The van der Waals surface area contributed by atoms with Crippen molar-refractivity contribution in [2.45, 2.75) is 19.3 Å². The molecule has 0 bridgehead atoms. The van der Waals surface area contributed by atoms with Crippen molar-refractivity contribution in [1.82, 2.24) is 19.9 Å². The van der Waals surface area contributed by atoms with E-state index in [2.05, 4.69) is 164 Å². The fourth-order valence-electron chi connectivity index (χ4n) is 9.08. The zero-order chi connectivity index (χ0) is 40.2. The maximum Gasteiger partial charge on any atom is 0.160 e. The van der Waals surface area contributed by atoms with Gasteiger partial charge < -0.3 is 0 Å². The minimum Gasteiger partial charge on any atom is -0.278 e. The predicted octanol–water partition coefficient (Wildman–Crippen LogP) is 14.0. The maximum absolute atomic E-state index is 5.18. The number of hydrogen-bond acceptors (Lipinski definition) is 5. The van der Waals surface area contributed by atoms with Crippen molar-refractivity contribution in [3.05, 3.63) is 212 Å². The molecule has 284 valence electrons. The van der Waals surface area contributed by atoms with Gasteiger partial charge in [-0.2, -0.15) is 0 Å². The Hall–Kier alpha value is -7.76. The molecule has 0 saturated heterocycles. The third-order valence-corrected chi connectivity index (χ3v) is 12.0. The van der Waals surface area contributed by atoms with E-state index in [0.717, 1.165) is 51.0 Å². The number of nitrogens with zero attached hydrogens (tertiary/aromatic N) is 5. The first-order valence-electron chi connectivity index (χ1n) is 20.4. The second kappa shape index (κ2) is 14.3. The number of benzene rings is 7. The van der Waals surface area contributed by atoms with Crippen molar-refractivity contribution in [3.63, 3.8) is 0 Å². The quantitative estimate of drug-likeness (QED) is 0.158. The lowest BCUT2D eigenvalue weighted by molar-refractivity contribution is 0.627. The molecule has 0 unspecified atom stereocenters. The second-order valence-corrected chi connectivity index (χ2v) is 15.9. The SMILES string of the molecule is CC1(C)c2cc(-c3c4ccccc4c(-c4cccc(-c5cc(-c6ccccc6)nc(-c6ccccc6)n5)c4)c4ccccc34)ccc2N(c2ccccn2)c2ncccc21. The van der Waals surface area contributed by atoms with Crippen molar-refractivity contribution in [3.8, 4) is 56.2 Å². The van der Waals surface area contributed by atoms with Crippen molar-refractivity contribution in [1.29, 1.82) is 0 Å². The molecule has 0 saturated carbocycles. The van der Waals surface area contributed by atoms with Crippen LogP contribution in [0.25, 0.3) is 77.7 Å². The Morgan fingerprint density at radius 2 is 0.950 bits per heavy atom. The Labute approximate surface area is 349 Å². The Morgan fingerprint density at radius 3 is 1.60 bits per heavy atom. The molecule has 0 amide bonds. The van der Waals surface area contributed by atoms with Crippen molar-refractivity contribution in [2.75, 3.05) is 4.90 Å². The molecule has 0 radical (unpaired) electrons. The van der Waals surface area contributed by atoms with Crippen LogP contribution in [-0.2, 0) is 5.41 Å². The molecule has 0 atom stereocenters. The van der Waals surface area contributed by atoms with Gasteiger partial charge in [-0.3, -0.25) is 4.90 Å². The van der Waals surface area contributed by atoms with E-state index in [1.54, 1.807) is 0 Å². The molecular formula is C55H39N5. The minimum absolute atomic E-state index is 0.312. The van der Waals surface area contributed by atoms with Crippen LogP contribution in [0.15, 0.2) is 200 Å². The monoisotopic (exact) mass is 769 g/mol. The molecule has 0 N–H and O–H groups in total. The molecule has 0 fully saturated rings. The van der Waals surface area contributed by atoms with Crippen LogP contribution in [-0.4, -0.2) is 19.9 Å². The molecule has 11 rings (SSSR count). The zero-order valence-electron chi connectivity index (χ0n) is 33.3. The Balaban J connectivity index is 1.10. The summed E-state index contributed by atoms with van der Waals surface area (Å²) < 4.78 is 0. The molecule has 5 nitrogen and oxygen atoms in total. The fraction of sp³-hybridized carbons (Fsp3) is 0.0545. The summed E-state index contributed by atoms with van der Waals surface area (Å²) in [4.78, 5) is 22.1. The maximum atomic E-state index is 5.18. The lowest BCUT2D eigenvalue weighted by Crippen LogP contribution is -2.31. The number of pyridine rings is 2. The van der Waals surface area contributed by atoms with E-state index in [9.17, 15) is 0 Å².